The molecule has 9 nitrogen and oxygen atoms in total. The highest BCUT2D eigenvalue weighted by atomic mass is 32.1. The molecule has 5 rings (SSSR count). The molecule has 35 heavy (non-hydrogen) atoms. The van der Waals surface area contributed by atoms with E-state index in [0.717, 1.165) is 15.8 Å². The van der Waals surface area contributed by atoms with Gasteiger partial charge in [-0.3, -0.25) is 19.7 Å². The molecule has 174 valence electrons. The lowest BCUT2D eigenvalue weighted by Crippen LogP contribution is -2.23. The predicted octanol–water partition coefficient (Wildman–Crippen LogP) is 4.00. The molecule has 0 radical (unpaired) electrons. The first-order valence-electron chi connectivity index (χ1n) is 10.7. The normalized spacial score (nSPS) is 11.5. The van der Waals surface area contributed by atoms with Crippen LogP contribution < -0.4 is 15.7 Å². The maximum absolute atomic E-state index is 13.6. The van der Waals surface area contributed by atoms with E-state index in [1.54, 1.807) is 32.4 Å². The van der Waals surface area contributed by atoms with Gasteiger partial charge >= 0.3 is 0 Å². The molecule has 1 amide bonds. The maximum atomic E-state index is 13.6. The molecule has 0 atom stereocenters. The molecule has 2 N–H and O–H groups in total. The van der Waals surface area contributed by atoms with Crippen LogP contribution in [0, 0.1) is 0 Å². The van der Waals surface area contributed by atoms with E-state index in [1.165, 1.54) is 22.2 Å². The second-order valence-corrected chi connectivity index (χ2v) is 8.58. The minimum absolute atomic E-state index is 0.320. The van der Waals surface area contributed by atoms with Gasteiger partial charge in [0.2, 0.25) is 5.13 Å². The number of hydrogen-bond acceptors (Lipinski definition) is 7. The van der Waals surface area contributed by atoms with Crippen LogP contribution in [0.3, 0.4) is 0 Å². The number of aromatic nitrogens is 4. The first kappa shape index (κ1) is 22.2. The number of H-pyrrole nitrogens is 1. The predicted molar refractivity (Wildman–Crippen MR) is 135 cm³/mol. The number of amides is 1. The van der Waals surface area contributed by atoms with Crippen LogP contribution in [0.2, 0.25) is 0 Å². The molecular weight excluding hydrogens is 464 g/mol. The monoisotopic (exact) mass is 484 g/mol. The third kappa shape index (κ3) is 4.34. The fraction of sp³-hybridized carbons (Fsp3) is 0.0800. The lowest BCUT2D eigenvalue weighted by Gasteiger charge is -2.05. The Labute approximate surface area is 203 Å². The van der Waals surface area contributed by atoms with Gasteiger partial charge in [-0.05, 0) is 55.5 Å². The van der Waals surface area contributed by atoms with Gasteiger partial charge in [-0.1, -0.05) is 23.5 Å². The van der Waals surface area contributed by atoms with Crippen molar-refractivity contribution < 1.29 is 9.53 Å². The van der Waals surface area contributed by atoms with E-state index >= 15 is 0 Å². The Morgan fingerprint density at radius 2 is 1.91 bits per heavy atom. The molecule has 0 aliphatic carbocycles. The lowest BCUT2D eigenvalue weighted by atomic mass is 10.1. The fourth-order valence-corrected chi connectivity index (χ4v) is 4.51. The van der Waals surface area contributed by atoms with Crippen molar-refractivity contribution in [2.75, 3.05) is 7.11 Å². The number of pyridine rings is 1. The van der Waals surface area contributed by atoms with Crippen LogP contribution in [0.15, 0.2) is 83.0 Å². The number of benzene rings is 2. The lowest BCUT2D eigenvalue weighted by molar-refractivity contribution is 0.0954. The summed E-state index contributed by atoms with van der Waals surface area (Å²) in [5.74, 6) is 0.267. The van der Waals surface area contributed by atoms with Crippen LogP contribution in [-0.4, -0.2) is 38.5 Å². The van der Waals surface area contributed by atoms with E-state index in [-0.39, 0.29) is 5.56 Å². The molecule has 0 bridgehead atoms. The molecule has 0 unspecified atom stereocenters. The number of carbonyl (C=O) groups excluding carboxylic acids is 1. The quantitative estimate of drug-likeness (QED) is 0.279. The highest BCUT2D eigenvalue weighted by molar-refractivity contribution is 7.20. The average molecular weight is 485 g/mol. The summed E-state index contributed by atoms with van der Waals surface area (Å²) in [5.41, 5.74) is 5.31. The van der Waals surface area contributed by atoms with Gasteiger partial charge in [0.25, 0.3) is 11.5 Å². The first-order valence-corrected chi connectivity index (χ1v) is 11.5. The summed E-state index contributed by atoms with van der Waals surface area (Å²) in [6, 6.07) is 18.3. The van der Waals surface area contributed by atoms with Crippen molar-refractivity contribution in [2.24, 2.45) is 5.10 Å². The zero-order chi connectivity index (χ0) is 24.4. The molecule has 2 aromatic carbocycles. The van der Waals surface area contributed by atoms with E-state index < -0.39 is 5.91 Å². The van der Waals surface area contributed by atoms with Crippen molar-refractivity contribution in [3.05, 3.63) is 94.5 Å². The van der Waals surface area contributed by atoms with Gasteiger partial charge in [-0.15, -0.1) is 0 Å². The highest BCUT2D eigenvalue weighted by Crippen LogP contribution is 2.27. The number of hydrogen-bond donors (Lipinski definition) is 2. The number of thiazole rings is 1. The Bertz CT molecular complexity index is 1570. The molecule has 5 aromatic rings. The number of para-hydroxylation sites is 1. The third-order valence-corrected chi connectivity index (χ3v) is 6.38. The summed E-state index contributed by atoms with van der Waals surface area (Å²) < 4.78 is 7.63. The summed E-state index contributed by atoms with van der Waals surface area (Å²) in [5, 5.41) is 7.91. The molecule has 0 fully saturated rings. The number of nitrogens with zero attached hydrogens (tertiary/aromatic N) is 4. The van der Waals surface area contributed by atoms with Gasteiger partial charge in [0.15, 0.2) is 0 Å². The number of aromatic amines is 1. The summed E-state index contributed by atoms with van der Waals surface area (Å²) >= 11 is 1.40. The van der Waals surface area contributed by atoms with Gasteiger partial charge in [-0.25, -0.2) is 10.4 Å². The van der Waals surface area contributed by atoms with Gasteiger partial charge in [0.1, 0.15) is 5.75 Å². The van der Waals surface area contributed by atoms with Crippen molar-refractivity contribution >= 4 is 33.2 Å². The van der Waals surface area contributed by atoms with E-state index in [1.807, 2.05) is 48.5 Å². The molecule has 0 saturated heterocycles. The van der Waals surface area contributed by atoms with Crippen LogP contribution in [0.4, 0.5) is 0 Å². The Morgan fingerprint density at radius 1 is 1.11 bits per heavy atom. The van der Waals surface area contributed by atoms with Crippen LogP contribution in [0.1, 0.15) is 22.8 Å². The molecule has 0 aliphatic rings. The highest BCUT2D eigenvalue weighted by Gasteiger charge is 2.21. The molecule has 0 aliphatic heterocycles. The van der Waals surface area contributed by atoms with Gasteiger partial charge < -0.3 is 4.74 Å². The zero-order valence-electron chi connectivity index (χ0n) is 18.9. The number of carbonyl (C=O) groups is 1. The molecule has 3 heterocycles. The van der Waals surface area contributed by atoms with Crippen molar-refractivity contribution in [1.29, 1.82) is 0 Å². The van der Waals surface area contributed by atoms with Crippen molar-refractivity contribution in [3.63, 3.8) is 0 Å². The second kappa shape index (κ2) is 9.35. The maximum Gasteiger partial charge on any atom is 0.283 e. The topological polar surface area (TPSA) is 114 Å². The number of methoxy groups -OCH3 is 1. The molecule has 0 spiro atoms. The molecule has 3 aromatic heterocycles. The fourth-order valence-electron chi connectivity index (χ4n) is 3.58. The largest absolute Gasteiger partial charge is 0.497 e. The van der Waals surface area contributed by atoms with Crippen molar-refractivity contribution in [2.45, 2.75) is 6.92 Å². The van der Waals surface area contributed by atoms with Crippen LogP contribution in [-0.2, 0) is 0 Å². The Hall–Kier alpha value is -4.57. The number of hydrazone groups is 1. The summed E-state index contributed by atoms with van der Waals surface area (Å²) in [6.07, 6.45) is 3.02. The summed E-state index contributed by atoms with van der Waals surface area (Å²) in [4.78, 5) is 34.6. The summed E-state index contributed by atoms with van der Waals surface area (Å²) in [6.45, 7) is 1.67. The molecular formula is C25H20N6O3S. The molecule has 0 saturated carbocycles. The minimum atomic E-state index is -0.425. The Kier molecular flexibility index (Phi) is 5.94. The Balaban J connectivity index is 1.60. The van der Waals surface area contributed by atoms with Gasteiger partial charge in [0.05, 0.1) is 39.9 Å². The first-order chi connectivity index (χ1) is 17.0. The van der Waals surface area contributed by atoms with E-state index in [2.05, 4.69) is 25.6 Å². The summed E-state index contributed by atoms with van der Waals surface area (Å²) in [7, 11) is 1.59. The van der Waals surface area contributed by atoms with E-state index in [9.17, 15) is 9.59 Å². The zero-order valence-corrected chi connectivity index (χ0v) is 19.7. The standard InChI is InChI=1S/C25H20N6O3S/c1-15(28-29-23(32)17-6-5-13-26-14-17)21-22(16-9-11-18(34-2)12-10-16)30-31(24(21)33)25-27-19-7-3-4-8-20(19)35-25/h3-14,30H,1-2H3,(H,29,32). The molecule has 10 heteroatoms. The van der Waals surface area contributed by atoms with Crippen LogP contribution >= 0.6 is 11.3 Å². The SMILES string of the molecule is COc1ccc(-c2[nH]n(-c3nc4ccccc4s3)c(=O)c2C(C)=NNC(=O)c2cccnc2)cc1. The minimum Gasteiger partial charge on any atom is -0.497 e. The van der Waals surface area contributed by atoms with Crippen molar-refractivity contribution in [1.82, 2.24) is 25.2 Å². The van der Waals surface area contributed by atoms with Crippen LogP contribution in [0.5, 0.6) is 5.75 Å². The number of nitrogens with one attached hydrogen (secondary N) is 2. The number of fused-ring (bicyclic) bond motifs is 1. The van der Waals surface area contributed by atoms with E-state index in [0.29, 0.717) is 33.4 Å². The number of ether oxygens (including phenoxy) is 1. The third-order valence-electron chi connectivity index (χ3n) is 5.35. The Morgan fingerprint density at radius 3 is 2.63 bits per heavy atom. The van der Waals surface area contributed by atoms with E-state index in [4.69, 9.17) is 4.74 Å². The van der Waals surface area contributed by atoms with Crippen LogP contribution in [0.25, 0.3) is 26.6 Å². The number of rotatable bonds is 6. The smallest absolute Gasteiger partial charge is 0.283 e. The second-order valence-electron chi connectivity index (χ2n) is 7.57. The van der Waals surface area contributed by atoms with Gasteiger partial charge in [-0.2, -0.15) is 9.78 Å². The van der Waals surface area contributed by atoms with Crippen molar-refractivity contribution in [3.8, 4) is 22.1 Å². The van der Waals surface area contributed by atoms with Gasteiger partial charge in [0, 0.05) is 18.0 Å². The average Bonchev–Trinajstić information content (AvgIpc) is 3.48.